The highest BCUT2D eigenvalue weighted by Crippen LogP contribution is 2.27. The zero-order chi connectivity index (χ0) is 9.84. The first-order valence-corrected chi connectivity index (χ1v) is 4.84. The lowest BCUT2D eigenvalue weighted by atomic mass is 10.1. The van der Waals surface area contributed by atoms with E-state index >= 15 is 0 Å². The Morgan fingerprint density at radius 3 is 2.85 bits per heavy atom. The fourth-order valence-corrected chi connectivity index (χ4v) is 1.82. The Labute approximate surface area is 89.8 Å². The van der Waals surface area contributed by atoms with Gasteiger partial charge in [-0.2, -0.15) is 4.99 Å². The number of hydrogen-bond donors (Lipinski definition) is 0. The Balaban J connectivity index is 3.08. The molecule has 1 aromatic rings. The van der Waals surface area contributed by atoms with Gasteiger partial charge >= 0.3 is 0 Å². The van der Waals surface area contributed by atoms with Crippen molar-refractivity contribution in [1.82, 2.24) is 0 Å². The van der Waals surface area contributed by atoms with Crippen LogP contribution in [0.2, 0.25) is 5.02 Å². The van der Waals surface area contributed by atoms with Crippen LogP contribution in [0.15, 0.2) is 27.7 Å². The number of nitrogens with zero attached hydrogens (tertiary/aromatic N) is 1. The van der Waals surface area contributed by atoms with Crippen molar-refractivity contribution >= 4 is 33.6 Å². The number of halogens is 2. The van der Waals surface area contributed by atoms with Crippen molar-refractivity contribution in [2.45, 2.75) is 13.0 Å². The standard InChI is InChI=1S/C9H7BrClNO/c1-6(12-5-13)8-3-2-7(10)4-9(8)11/h2-4,6H,1H3. The van der Waals surface area contributed by atoms with E-state index in [1.165, 1.54) is 6.08 Å². The maximum absolute atomic E-state index is 10.0. The highest BCUT2D eigenvalue weighted by molar-refractivity contribution is 9.10. The SMILES string of the molecule is CC(N=C=O)c1ccc(Br)cc1Cl. The second kappa shape index (κ2) is 4.56. The lowest BCUT2D eigenvalue weighted by molar-refractivity contribution is 0.559. The minimum Gasteiger partial charge on any atom is -0.211 e. The number of carbonyl (C=O) groups excluding carboxylic acids is 1. The van der Waals surface area contributed by atoms with E-state index in [-0.39, 0.29) is 6.04 Å². The summed E-state index contributed by atoms with van der Waals surface area (Å²) in [4.78, 5) is 13.6. The number of isocyanates is 1. The van der Waals surface area contributed by atoms with Gasteiger partial charge in [-0.3, -0.25) is 0 Å². The fraction of sp³-hybridized carbons (Fsp3) is 0.222. The van der Waals surface area contributed by atoms with Crippen LogP contribution in [0.5, 0.6) is 0 Å². The predicted octanol–water partition coefficient (Wildman–Crippen LogP) is 3.50. The molecule has 0 fully saturated rings. The van der Waals surface area contributed by atoms with Crippen molar-refractivity contribution in [3.63, 3.8) is 0 Å². The van der Waals surface area contributed by atoms with Gasteiger partial charge in [0.1, 0.15) is 0 Å². The quantitative estimate of drug-likeness (QED) is 0.591. The summed E-state index contributed by atoms with van der Waals surface area (Å²) in [6, 6.07) is 5.22. The van der Waals surface area contributed by atoms with Crippen LogP contribution < -0.4 is 0 Å². The van der Waals surface area contributed by atoms with Crippen LogP contribution in [-0.4, -0.2) is 6.08 Å². The molecule has 1 aromatic carbocycles. The molecule has 0 aromatic heterocycles. The average molecular weight is 261 g/mol. The first kappa shape index (κ1) is 10.5. The van der Waals surface area contributed by atoms with Gasteiger partial charge in [-0.15, -0.1) is 0 Å². The summed E-state index contributed by atoms with van der Waals surface area (Å²) < 4.78 is 0.906. The molecule has 0 aliphatic rings. The Morgan fingerprint density at radius 1 is 1.62 bits per heavy atom. The van der Waals surface area contributed by atoms with E-state index < -0.39 is 0 Å². The molecule has 2 nitrogen and oxygen atoms in total. The largest absolute Gasteiger partial charge is 0.235 e. The number of hydrogen-bond acceptors (Lipinski definition) is 2. The third-order valence-electron chi connectivity index (χ3n) is 1.66. The van der Waals surface area contributed by atoms with E-state index in [1.807, 2.05) is 12.1 Å². The van der Waals surface area contributed by atoms with Crippen molar-refractivity contribution in [1.29, 1.82) is 0 Å². The molecule has 0 spiro atoms. The Hall–Kier alpha value is -0.630. The number of aliphatic imine (C=N–C) groups is 1. The van der Waals surface area contributed by atoms with E-state index in [9.17, 15) is 4.79 Å². The van der Waals surface area contributed by atoms with Gasteiger partial charge in [0.05, 0.1) is 6.04 Å². The predicted molar refractivity (Wildman–Crippen MR) is 55.7 cm³/mol. The van der Waals surface area contributed by atoms with Crippen LogP contribution >= 0.6 is 27.5 Å². The van der Waals surface area contributed by atoms with Crippen molar-refractivity contribution in [3.8, 4) is 0 Å². The molecule has 0 saturated carbocycles. The number of rotatable bonds is 2. The molecule has 0 radical (unpaired) electrons. The Morgan fingerprint density at radius 2 is 2.31 bits per heavy atom. The molecule has 0 aliphatic heterocycles. The smallest absolute Gasteiger partial charge is 0.211 e. The molecule has 0 aliphatic carbocycles. The van der Waals surface area contributed by atoms with Gasteiger partial charge in [0.25, 0.3) is 0 Å². The lowest BCUT2D eigenvalue weighted by Gasteiger charge is -2.06. The summed E-state index contributed by atoms with van der Waals surface area (Å²) in [5.74, 6) is 0. The Bertz CT molecular complexity index is 361. The summed E-state index contributed by atoms with van der Waals surface area (Å²) in [6.07, 6.45) is 1.51. The summed E-state index contributed by atoms with van der Waals surface area (Å²) >= 11 is 9.23. The topological polar surface area (TPSA) is 29.4 Å². The molecule has 1 rings (SSSR count). The van der Waals surface area contributed by atoms with Crippen LogP contribution in [0.25, 0.3) is 0 Å². The monoisotopic (exact) mass is 259 g/mol. The van der Waals surface area contributed by atoms with Crippen LogP contribution in [0.1, 0.15) is 18.5 Å². The van der Waals surface area contributed by atoms with Gasteiger partial charge in [-0.1, -0.05) is 33.6 Å². The minimum atomic E-state index is -0.238. The highest BCUT2D eigenvalue weighted by Gasteiger charge is 2.07. The fourth-order valence-electron chi connectivity index (χ4n) is 0.989. The highest BCUT2D eigenvalue weighted by atomic mass is 79.9. The molecule has 13 heavy (non-hydrogen) atoms. The zero-order valence-electron chi connectivity index (χ0n) is 6.92. The van der Waals surface area contributed by atoms with Crippen LogP contribution in [0.4, 0.5) is 0 Å². The zero-order valence-corrected chi connectivity index (χ0v) is 9.26. The van der Waals surface area contributed by atoms with Gasteiger partial charge in [0.15, 0.2) is 0 Å². The van der Waals surface area contributed by atoms with Crippen LogP contribution in [0.3, 0.4) is 0 Å². The van der Waals surface area contributed by atoms with Crippen molar-refractivity contribution in [2.75, 3.05) is 0 Å². The third-order valence-corrected chi connectivity index (χ3v) is 2.48. The van der Waals surface area contributed by atoms with E-state index in [1.54, 1.807) is 13.0 Å². The molecule has 1 unspecified atom stereocenters. The molecule has 0 saturated heterocycles. The minimum absolute atomic E-state index is 0.238. The van der Waals surface area contributed by atoms with Crippen molar-refractivity contribution in [3.05, 3.63) is 33.3 Å². The Kier molecular flexibility index (Phi) is 3.67. The van der Waals surface area contributed by atoms with E-state index in [4.69, 9.17) is 11.6 Å². The van der Waals surface area contributed by atoms with Gasteiger partial charge in [0, 0.05) is 9.50 Å². The van der Waals surface area contributed by atoms with Crippen molar-refractivity contribution < 1.29 is 4.79 Å². The van der Waals surface area contributed by atoms with E-state index in [2.05, 4.69) is 20.9 Å². The first-order chi connectivity index (χ1) is 6.15. The molecular formula is C9H7BrClNO. The normalized spacial score (nSPS) is 11.9. The van der Waals surface area contributed by atoms with Crippen LogP contribution in [-0.2, 0) is 4.79 Å². The maximum Gasteiger partial charge on any atom is 0.235 e. The van der Waals surface area contributed by atoms with Gasteiger partial charge in [0.2, 0.25) is 6.08 Å². The molecule has 68 valence electrons. The summed E-state index contributed by atoms with van der Waals surface area (Å²) in [6.45, 7) is 1.79. The summed E-state index contributed by atoms with van der Waals surface area (Å²) in [5.41, 5.74) is 0.827. The van der Waals surface area contributed by atoms with Gasteiger partial charge in [-0.25, -0.2) is 4.79 Å². The lowest BCUT2D eigenvalue weighted by Crippen LogP contribution is -1.90. The van der Waals surface area contributed by atoms with E-state index in [0.717, 1.165) is 10.0 Å². The molecule has 0 N–H and O–H groups in total. The van der Waals surface area contributed by atoms with Gasteiger partial charge in [-0.05, 0) is 24.6 Å². The summed E-state index contributed by atoms with van der Waals surface area (Å²) in [7, 11) is 0. The molecular weight excluding hydrogens is 253 g/mol. The number of benzene rings is 1. The first-order valence-electron chi connectivity index (χ1n) is 3.67. The molecule has 0 amide bonds. The maximum atomic E-state index is 10.0. The average Bonchev–Trinajstić information content (AvgIpc) is 2.04. The summed E-state index contributed by atoms with van der Waals surface area (Å²) in [5, 5.41) is 0.598. The van der Waals surface area contributed by atoms with Crippen LogP contribution in [0, 0.1) is 0 Å². The third kappa shape index (κ3) is 2.66. The van der Waals surface area contributed by atoms with E-state index in [0.29, 0.717) is 5.02 Å². The second-order valence-electron chi connectivity index (χ2n) is 2.56. The molecule has 0 bridgehead atoms. The molecule has 0 heterocycles. The van der Waals surface area contributed by atoms with Crippen molar-refractivity contribution in [2.24, 2.45) is 4.99 Å². The molecule has 1 atom stereocenters. The second-order valence-corrected chi connectivity index (χ2v) is 3.89. The molecule has 4 heteroatoms. The van der Waals surface area contributed by atoms with Gasteiger partial charge < -0.3 is 0 Å².